The molecule has 0 radical (unpaired) electrons. The van der Waals surface area contributed by atoms with E-state index in [1.807, 2.05) is 19.1 Å². The zero-order chi connectivity index (χ0) is 14.5. The highest BCUT2D eigenvalue weighted by molar-refractivity contribution is 9.10. The summed E-state index contributed by atoms with van der Waals surface area (Å²) in [5.41, 5.74) is 0.972. The summed E-state index contributed by atoms with van der Waals surface area (Å²) in [5, 5.41) is 3.81. The number of rotatable bonds is 5. The van der Waals surface area contributed by atoms with E-state index >= 15 is 0 Å². The summed E-state index contributed by atoms with van der Waals surface area (Å²) in [4.78, 5) is 0. The molecule has 0 heterocycles. The number of nitrogens with one attached hydrogen (secondary N) is 1. The summed E-state index contributed by atoms with van der Waals surface area (Å²) in [6.45, 7) is 3.55. The van der Waals surface area contributed by atoms with Gasteiger partial charge in [-0.25, -0.2) is 4.39 Å². The van der Waals surface area contributed by atoms with Crippen molar-refractivity contribution < 1.29 is 9.13 Å². The highest BCUT2D eigenvalue weighted by Crippen LogP contribution is 2.30. The minimum atomic E-state index is -0.363. The van der Waals surface area contributed by atoms with Gasteiger partial charge in [-0.3, -0.25) is 0 Å². The Bertz CT molecular complexity index is 606. The molecule has 0 spiro atoms. The molecular weight excluding hydrogens is 345 g/mol. The lowest BCUT2D eigenvalue weighted by Gasteiger charge is -2.12. The van der Waals surface area contributed by atoms with E-state index in [2.05, 4.69) is 21.2 Å². The molecule has 0 aromatic heterocycles. The molecule has 2 nitrogen and oxygen atoms in total. The normalized spacial score (nSPS) is 10.6. The first-order valence-corrected chi connectivity index (χ1v) is 7.39. The number of ether oxygens (including phenoxy) is 1. The predicted molar refractivity (Wildman–Crippen MR) is 83.0 cm³/mol. The van der Waals surface area contributed by atoms with Crippen molar-refractivity contribution in [1.82, 2.24) is 5.32 Å². The van der Waals surface area contributed by atoms with Gasteiger partial charge < -0.3 is 10.1 Å². The molecule has 0 fully saturated rings. The fraction of sp³-hybridized carbons (Fsp3) is 0.200. The van der Waals surface area contributed by atoms with Crippen LogP contribution < -0.4 is 10.1 Å². The van der Waals surface area contributed by atoms with Gasteiger partial charge in [-0.05, 0) is 46.7 Å². The standard InChI is InChI=1S/C15H14BrClFNO/c1-2-19-9-10-3-4-11(17)7-15(10)20-12-5-6-13(16)14(18)8-12/h3-8,19H,2,9H2,1H3. The van der Waals surface area contributed by atoms with Gasteiger partial charge in [0.2, 0.25) is 0 Å². The Kier molecular flexibility index (Phi) is 5.40. The summed E-state index contributed by atoms with van der Waals surface area (Å²) in [6.07, 6.45) is 0. The summed E-state index contributed by atoms with van der Waals surface area (Å²) in [6, 6.07) is 10.1. The molecule has 106 valence electrons. The molecular formula is C15H14BrClFNO. The third-order valence-electron chi connectivity index (χ3n) is 2.71. The van der Waals surface area contributed by atoms with Crippen LogP contribution in [-0.4, -0.2) is 6.54 Å². The zero-order valence-corrected chi connectivity index (χ0v) is 13.3. The molecule has 0 bridgehead atoms. The fourth-order valence-electron chi connectivity index (χ4n) is 1.70. The first-order chi connectivity index (χ1) is 9.60. The van der Waals surface area contributed by atoms with Crippen LogP contribution in [0, 0.1) is 5.82 Å². The summed E-state index contributed by atoms with van der Waals surface area (Å²) in [7, 11) is 0. The maximum absolute atomic E-state index is 13.5. The maximum atomic E-state index is 13.5. The predicted octanol–water partition coefficient (Wildman–Crippen LogP) is 5.14. The first kappa shape index (κ1) is 15.3. The molecule has 0 aliphatic rings. The monoisotopic (exact) mass is 357 g/mol. The number of halogens is 3. The molecule has 0 atom stereocenters. The number of hydrogen-bond acceptors (Lipinski definition) is 2. The van der Waals surface area contributed by atoms with E-state index in [-0.39, 0.29) is 5.82 Å². The van der Waals surface area contributed by atoms with Gasteiger partial charge in [0.15, 0.2) is 0 Å². The van der Waals surface area contributed by atoms with Gasteiger partial charge >= 0.3 is 0 Å². The van der Waals surface area contributed by atoms with Crippen LogP contribution in [-0.2, 0) is 6.54 Å². The average molecular weight is 359 g/mol. The van der Waals surface area contributed by atoms with Crippen molar-refractivity contribution in [2.24, 2.45) is 0 Å². The molecule has 0 aliphatic carbocycles. The fourth-order valence-corrected chi connectivity index (χ4v) is 2.11. The second-order valence-corrected chi connectivity index (χ2v) is 5.50. The third-order valence-corrected chi connectivity index (χ3v) is 3.59. The molecule has 1 N–H and O–H groups in total. The lowest BCUT2D eigenvalue weighted by molar-refractivity contribution is 0.467. The van der Waals surface area contributed by atoms with Crippen LogP contribution in [0.25, 0.3) is 0 Å². The van der Waals surface area contributed by atoms with Crippen molar-refractivity contribution in [3.05, 3.63) is 57.3 Å². The van der Waals surface area contributed by atoms with E-state index in [0.717, 1.165) is 12.1 Å². The highest BCUT2D eigenvalue weighted by atomic mass is 79.9. The topological polar surface area (TPSA) is 21.3 Å². The number of hydrogen-bond donors (Lipinski definition) is 1. The third kappa shape index (κ3) is 3.95. The summed E-state index contributed by atoms with van der Waals surface area (Å²) < 4.78 is 19.6. The Morgan fingerprint density at radius 1 is 1.25 bits per heavy atom. The second kappa shape index (κ2) is 7.07. The molecule has 0 saturated heterocycles. The van der Waals surface area contributed by atoms with Crippen LogP contribution in [0.15, 0.2) is 40.9 Å². The van der Waals surface area contributed by atoms with E-state index in [0.29, 0.717) is 27.5 Å². The maximum Gasteiger partial charge on any atom is 0.141 e. The van der Waals surface area contributed by atoms with Crippen molar-refractivity contribution in [2.75, 3.05) is 6.54 Å². The largest absolute Gasteiger partial charge is 0.457 e. The molecule has 0 amide bonds. The summed E-state index contributed by atoms with van der Waals surface area (Å²) >= 11 is 9.11. The van der Waals surface area contributed by atoms with Crippen molar-refractivity contribution in [2.45, 2.75) is 13.5 Å². The molecule has 2 aromatic carbocycles. The molecule has 0 saturated carbocycles. The van der Waals surface area contributed by atoms with Gasteiger partial charge in [-0.1, -0.05) is 24.6 Å². The molecule has 0 unspecified atom stereocenters. The van der Waals surface area contributed by atoms with Crippen molar-refractivity contribution in [1.29, 1.82) is 0 Å². The molecule has 2 aromatic rings. The van der Waals surface area contributed by atoms with E-state index in [1.165, 1.54) is 6.07 Å². The lowest BCUT2D eigenvalue weighted by Crippen LogP contribution is -2.12. The minimum absolute atomic E-state index is 0.363. The van der Waals surface area contributed by atoms with Gasteiger partial charge in [-0.2, -0.15) is 0 Å². The highest BCUT2D eigenvalue weighted by Gasteiger charge is 2.08. The average Bonchev–Trinajstić information content (AvgIpc) is 2.42. The lowest BCUT2D eigenvalue weighted by atomic mass is 10.2. The smallest absolute Gasteiger partial charge is 0.141 e. The van der Waals surface area contributed by atoms with Crippen LogP contribution in [0.3, 0.4) is 0 Å². The van der Waals surface area contributed by atoms with Gasteiger partial charge in [0.25, 0.3) is 0 Å². The SMILES string of the molecule is CCNCc1ccc(Cl)cc1Oc1ccc(Br)c(F)c1. The van der Waals surface area contributed by atoms with Crippen LogP contribution >= 0.6 is 27.5 Å². The van der Waals surface area contributed by atoms with Crippen LogP contribution in [0.4, 0.5) is 4.39 Å². The molecule has 0 aliphatic heterocycles. The van der Waals surface area contributed by atoms with Gasteiger partial charge in [0, 0.05) is 23.2 Å². The van der Waals surface area contributed by atoms with E-state index in [4.69, 9.17) is 16.3 Å². The Hall–Kier alpha value is -1.10. The van der Waals surface area contributed by atoms with Crippen molar-refractivity contribution >= 4 is 27.5 Å². The summed E-state index contributed by atoms with van der Waals surface area (Å²) in [5.74, 6) is 0.698. The van der Waals surface area contributed by atoms with Crippen molar-refractivity contribution in [3.8, 4) is 11.5 Å². The Labute approximate surface area is 131 Å². The molecule has 5 heteroatoms. The zero-order valence-electron chi connectivity index (χ0n) is 10.9. The van der Waals surface area contributed by atoms with Gasteiger partial charge in [-0.15, -0.1) is 0 Å². The van der Waals surface area contributed by atoms with Gasteiger partial charge in [0.05, 0.1) is 4.47 Å². The van der Waals surface area contributed by atoms with Crippen LogP contribution in [0.5, 0.6) is 11.5 Å². The van der Waals surface area contributed by atoms with Crippen LogP contribution in [0.2, 0.25) is 5.02 Å². The molecule has 2 rings (SSSR count). The Morgan fingerprint density at radius 3 is 2.75 bits per heavy atom. The van der Waals surface area contributed by atoms with Crippen molar-refractivity contribution in [3.63, 3.8) is 0 Å². The second-order valence-electron chi connectivity index (χ2n) is 4.21. The quantitative estimate of drug-likeness (QED) is 0.798. The van der Waals surface area contributed by atoms with E-state index in [9.17, 15) is 4.39 Å². The van der Waals surface area contributed by atoms with E-state index < -0.39 is 0 Å². The Balaban J connectivity index is 2.26. The minimum Gasteiger partial charge on any atom is -0.457 e. The molecule has 20 heavy (non-hydrogen) atoms. The number of benzene rings is 2. The van der Waals surface area contributed by atoms with Gasteiger partial charge in [0.1, 0.15) is 17.3 Å². The first-order valence-electron chi connectivity index (χ1n) is 6.22. The van der Waals surface area contributed by atoms with Crippen LogP contribution in [0.1, 0.15) is 12.5 Å². The van der Waals surface area contributed by atoms with E-state index in [1.54, 1.807) is 18.2 Å². The Morgan fingerprint density at radius 2 is 2.05 bits per heavy atom.